The van der Waals surface area contributed by atoms with Crippen molar-refractivity contribution in [2.45, 2.75) is 64.3 Å². The van der Waals surface area contributed by atoms with Crippen molar-refractivity contribution in [3.05, 3.63) is 34.3 Å². The summed E-state index contributed by atoms with van der Waals surface area (Å²) in [6.45, 7) is 2.26. The van der Waals surface area contributed by atoms with Crippen LogP contribution in [-0.2, 0) is 0 Å². The largest absolute Gasteiger partial charge is 0.271 e. The van der Waals surface area contributed by atoms with Crippen LogP contribution in [0.4, 0.5) is 0 Å². The van der Waals surface area contributed by atoms with Crippen LogP contribution in [0, 0.1) is 0 Å². The Kier molecular flexibility index (Phi) is 9.14. The van der Waals surface area contributed by atoms with Gasteiger partial charge in [-0.1, -0.05) is 79.9 Å². The third-order valence-corrected chi connectivity index (χ3v) is 4.04. The van der Waals surface area contributed by atoms with Crippen LogP contribution in [0.2, 0.25) is 0 Å². The summed E-state index contributed by atoms with van der Waals surface area (Å²) in [6.07, 6.45) is 10.5. The Morgan fingerprint density at radius 1 is 1.11 bits per heavy atom. The van der Waals surface area contributed by atoms with E-state index in [9.17, 15) is 0 Å². The first-order valence-electron chi connectivity index (χ1n) is 7.49. The first kappa shape index (κ1) is 16.7. The van der Waals surface area contributed by atoms with Crippen LogP contribution in [0.3, 0.4) is 0 Å². The SMILES string of the molecule is CCCCCCCCCC(NN)c1cccc(Br)c1. The van der Waals surface area contributed by atoms with Gasteiger partial charge in [-0.15, -0.1) is 0 Å². The molecule has 0 spiro atoms. The second-order valence-corrected chi connectivity index (χ2v) is 6.10. The lowest BCUT2D eigenvalue weighted by Crippen LogP contribution is -2.27. The predicted octanol–water partition coefficient (Wildman–Crippen LogP) is 5.09. The first-order valence-corrected chi connectivity index (χ1v) is 8.28. The third-order valence-electron chi connectivity index (χ3n) is 3.55. The molecule has 1 aromatic carbocycles. The van der Waals surface area contributed by atoms with E-state index in [1.807, 2.05) is 6.07 Å². The zero-order chi connectivity index (χ0) is 13.9. The predicted molar refractivity (Wildman–Crippen MR) is 86.8 cm³/mol. The van der Waals surface area contributed by atoms with Crippen molar-refractivity contribution in [2.75, 3.05) is 0 Å². The normalized spacial score (nSPS) is 12.6. The van der Waals surface area contributed by atoms with E-state index in [1.165, 1.54) is 50.5 Å². The van der Waals surface area contributed by atoms with Gasteiger partial charge in [-0.3, -0.25) is 11.3 Å². The minimum absolute atomic E-state index is 0.271. The van der Waals surface area contributed by atoms with Crippen molar-refractivity contribution in [3.63, 3.8) is 0 Å². The minimum Gasteiger partial charge on any atom is -0.271 e. The van der Waals surface area contributed by atoms with Crippen LogP contribution >= 0.6 is 15.9 Å². The zero-order valence-electron chi connectivity index (χ0n) is 12.0. The van der Waals surface area contributed by atoms with Gasteiger partial charge in [-0.05, 0) is 24.1 Å². The van der Waals surface area contributed by atoms with Gasteiger partial charge >= 0.3 is 0 Å². The van der Waals surface area contributed by atoms with Crippen molar-refractivity contribution in [1.29, 1.82) is 0 Å². The monoisotopic (exact) mass is 326 g/mol. The standard InChI is InChI=1S/C16H27BrN2/c1-2-3-4-5-6-7-8-12-16(19-18)14-10-9-11-15(17)13-14/h9-11,13,16,19H,2-8,12,18H2,1H3. The quantitative estimate of drug-likeness (QED) is 0.357. The number of hydrogen-bond donors (Lipinski definition) is 2. The summed E-state index contributed by atoms with van der Waals surface area (Å²) in [6, 6.07) is 8.66. The van der Waals surface area contributed by atoms with Gasteiger partial charge in [0.25, 0.3) is 0 Å². The number of halogens is 1. The number of rotatable bonds is 10. The molecule has 0 aliphatic rings. The molecule has 108 valence electrons. The first-order chi connectivity index (χ1) is 9.27. The van der Waals surface area contributed by atoms with Gasteiger partial charge < -0.3 is 0 Å². The van der Waals surface area contributed by atoms with Crippen molar-refractivity contribution in [2.24, 2.45) is 5.84 Å². The summed E-state index contributed by atoms with van der Waals surface area (Å²) in [5.74, 6) is 5.67. The highest BCUT2D eigenvalue weighted by molar-refractivity contribution is 9.10. The van der Waals surface area contributed by atoms with Gasteiger partial charge in [0.05, 0.1) is 0 Å². The molecular formula is C16H27BrN2. The molecule has 3 N–H and O–H groups in total. The summed E-state index contributed by atoms with van der Waals surface area (Å²) in [4.78, 5) is 0. The molecule has 1 atom stereocenters. The molecule has 0 fully saturated rings. The Hall–Kier alpha value is -0.380. The van der Waals surface area contributed by atoms with Crippen molar-refractivity contribution in [1.82, 2.24) is 5.43 Å². The molecule has 3 heteroatoms. The summed E-state index contributed by atoms with van der Waals surface area (Å²) in [5.41, 5.74) is 4.20. The van der Waals surface area contributed by atoms with E-state index in [1.54, 1.807) is 0 Å². The van der Waals surface area contributed by atoms with E-state index in [0.717, 1.165) is 10.9 Å². The van der Waals surface area contributed by atoms with Gasteiger partial charge in [0.1, 0.15) is 0 Å². The van der Waals surface area contributed by atoms with E-state index in [2.05, 4.69) is 46.5 Å². The molecule has 0 aliphatic heterocycles. The van der Waals surface area contributed by atoms with Crippen LogP contribution in [0.5, 0.6) is 0 Å². The average Bonchev–Trinajstić information content (AvgIpc) is 2.42. The fraction of sp³-hybridized carbons (Fsp3) is 0.625. The zero-order valence-corrected chi connectivity index (χ0v) is 13.6. The lowest BCUT2D eigenvalue weighted by molar-refractivity contribution is 0.475. The molecule has 0 aromatic heterocycles. The number of hydrazine groups is 1. The van der Waals surface area contributed by atoms with Crippen LogP contribution < -0.4 is 11.3 Å². The van der Waals surface area contributed by atoms with E-state index in [0.29, 0.717) is 0 Å². The van der Waals surface area contributed by atoms with Crippen LogP contribution in [0.15, 0.2) is 28.7 Å². The van der Waals surface area contributed by atoms with Crippen molar-refractivity contribution < 1.29 is 0 Å². The van der Waals surface area contributed by atoms with Gasteiger partial charge in [-0.25, -0.2) is 0 Å². The maximum absolute atomic E-state index is 5.67. The molecule has 0 aliphatic carbocycles. The second kappa shape index (κ2) is 10.4. The van der Waals surface area contributed by atoms with Gasteiger partial charge in [-0.2, -0.15) is 0 Å². The molecule has 2 nitrogen and oxygen atoms in total. The number of nitrogens with two attached hydrogens (primary N) is 1. The summed E-state index contributed by atoms with van der Waals surface area (Å²) >= 11 is 3.51. The number of unbranched alkanes of at least 4 members (excludes halogenated alkanes) is 6. The minimum atomic E-state index is 0.271. The van der Waals surface area contributed by atoms with Crippen molar-refractivity contribution >= 4 is 15.9 Å². The third kappa shape index (κ3) is 7.09. The molecule has 0 amide bonds. The van der Waals surface area contributed by atoms with Crippen LogP contribution in [-0.4, -0.2) is 0 Å². The summed E-state index contributed by atoms with van der Waals surface area (Å²) < 4.78 is 1.12. The number of nitrogens with one attached hydrogen (secondary N) is 1. The Bertz CT molecular complexity index is 341. The molecular weight excluding hydrogens is 300 g/mol. The fourth-order valence-corrected chi connectivity index (χ4v) is 2.79. The highest BCUT2D eigenvalue weighted by atomic mass is 79.9. The fourth-order valence-electron chi connectivity index (χ4n) is 2.38. The Balaban J connectivity index is 2.22. The average molecular weight is 327 g/mol. The molecule has 1 rings (SSSR count). The van der Waals surface area contributed by atoms with E-state index in [-0.39, 0.29) is 6.04 Å². The molecule has 0 saturated carbocycles. The molecule has 1 unspecified atom stereocenters. The molecule has 19 heavy (non-hydrogen) atoms. The van der Waals surface area contributed by atoms with Crippen LogP contribution in [0.25, 0.3) is 0 Å². The molecule has 0 radical (unpaired) electrons. The lowest BCUT2D eigenvalue weighted by atomic mass is 10.00. The molecule has 0 saturated heterocycles. The maximum Gasteiger partial charge on any atom is 0.0460 e. The van der Waals surface area contributed by atoms with Crippen molar-refractivity contribution in [3.8, 4) is 0 Å². The topological polar surface area (TPSA) is 38.0 Å². The van der Waals surface area contributed by atoms with Gasteiger partial charge in [0.2, 0.25) is 0 Å². The van der Waals surface area contributed by atoms with Gasteiger partial charge in [0, 0.05) is 10.5 Å². The highest BCUT2D eigenvalue weighted by Gasteiger charge is 2.09. The Morgan fingerprint density at radius 3 is 2.42 bits per heavy atom. The lowest BCUT2D eigenvalue weighted by Gasteiger charge is -2.16. The highest BCUT2D eigenvalue weighted by Crippen LogP contribution is 2.22. The smallest absolute Gasteiger partial charge is 0.0460 e. The number of hydrogen-bond acceptors (Lipinski definition) is 2. The van der Waals surface area contributed by atoms with Gasteiger partial charge in [0.15, 0.2) is 0 Å². The molecule has 0 bridgehead atoms. The summed E-state index contributed by atoms with van der Waals surface area (Å²) in [5, 5.41) is 0. The molecule has 0 heterocycles. The maximum atomic E-state index is 5.67. The molecule has 1 aromatic rings. The Labute approximate surface area is 126 Å². The second-order valence-electron chi connectivity index (χ2n) is 5.18. The Morgan fingerprint density at radius 2 is 1.79 bits per heavy atom. The van der Waals surface area contributed by atoms with E-state index >= 15 is 0 Å². The van der Waals surface area contributed by atoms with E-state index < -0.39 is 0 Å². The number of benzene rings is 1. The van der Waals surface area contributed by atoms with Crippen LogP contribution in [0.1, 0.15) is 69.9 Å². The van der Waals surface area contributed by atoms with E-state index in [4.69, 9.17) is 5.84 Å². The summed E-state index contributed by atoms with van der Waals surface area (Å²) in [7, 11) is 0.